The minimum atomic E-state index is -3.44. The fourth-order valence-corrected chi connectivity index (χ4v) is 5.88. The Labute approximate surface area is 173 Å². The van der Waals surface area contributed by atoms with E-state index in [4.69, 9.17) is 9.26 Å². The van der Waals surface area contributed by atoms with Gasteiger partial charge in [-0.2, -0.15) is 0 Å². The first-order chi connectivity index (χ1) is 13.9. The Balaban J connectivity index is 1.76. The molecule has 0 bridgehead atoms. The third-order valence-electron chi connectivity index (χ3n) is 5.41. The van der Waals surface area contributed by atoms with Crippen LogP contribution in [0.4, 0.5) is 0 Å². The third kappa shape index (κ3) is 5.90. The summed E-state index contributed by atoms with van der Waals surface area (Å²) in [7, 11) is 0.134. The molecule has 0 N–H and O–H groups in total. The van der Waals surface area contributed by atoms with Crippen molar-refractivity contribution in [3.05, 3.63) is 29.4 Å². The fourth-order valence-electron chi connectivity index (χ4n) is 4.02. The second-order valence-electron chi connectivity index (χ2n) is 8.07. The molecular weight excluding hydrogens is 392 g/mol. The zero-order valence-corrected chi connectivity index (χ0v) is 18.4. The van der Waals surface area contributed by atoms with Crippen LogP contribution in [0.2, 0.25) is 0 Å². The Kier molecular flexibility index (Phi) is 7.48. The van der Waals surface area contributed by atoms with E-state index in [1.807, 2.05) is 20.0 Å². The van der Waals surface area contributed by atoms with E-state index in [2.05, 4.69) is 15.0 Å². The summed E-state index contributed by atoms with van der Waals surface area (Å²) in [5, 5.41) is 4.08. The van der Waals surface area contributed by atoms with E-state index < -0.39 is 9.84 Å². The van der Waals surface area contributed by atoms with Gasteiger partial charge >= 0.3 is 0 Å². The molecule has 8 nitrogen and oxygen atoms in total. The zero-order valence-electron chi connectivity index (χ0n) is 17.6. The van der Waals surface area contributed by atoms with Gasteiger partial charge in [0.2, 0.25) is 15.0 Å². The van der Waals surface area contributed by atoms with Gasteiger partial charge in [-0.3, -0.25) is 4.90 Å². The molecule has 1 fully saturated rings. The van der Waals surface area contributed by atoms with E-state index in [1.165, 1.54) is 6.42 Å². The number of ether oxygens (including phenoxy) is 1. The lowest BCUT2D eigenvalue weighted by atomic mass is 9.91. The summed E-state index contributed by atoms with van der Waals surface area (Å²) in [6.45, 7) is 3.91. The summed E-state index contributed by atoms with van der Waals surface area (Å²) >= 11 is 0. The van der Waals surface area contributed by atoms with Crippen LogP contribution in [0.25, 0.3) is 0 Å². The molecule has 0 amide bonds. The molecule has 3 rings (SSSR count). The molecule has 0 radical (unpaired) electrons. The Bertz CT molecular complexity index is 884. The van der Waals surface area contributed by atoms with E-state index >= 15 is 0 Å². The van der Waals surface area contributed by atoms with Crippen molar-refractivity contribution in [1.82, 2.24) is 19.6 Å². The second kappa shape index (κ2) is 9.86. The van der Waals surface area contributed by atoms with Gasteiger partial charge in [0.1, 0.15) is 0 Å². The molecule has 2 aromatic heterocycles. The highest BCUT2D eigenvalue weighted by atomic mass is 32.2. The number of aromatic nitrogens is 3. The maximum atomic E-state index is 13.1. The van der Waals surface area contributed by atoms with Crippen LogP contribution in [0.5, 0.6) is 0 Å². The van der Waals surface area contributed by atoms with E-state index in [1.54, 1.807) is 17.9 Å². The van der Waals surface area contributed by atoms with Crippen LogP contribution < -0.4 is 0 Å². The van der Waals surface area contributed by atoms with E-state index in [9.17, 15) is 8.42 Å². The lowest BCUT2D eigenvalue weighted by Gasteiger charge is -2.22. The summed E-state index contributed by atoms with van der Waals surface area (Å²) < 4.78 is 38.5. The minimum absolute atomic E-state index is 0.166. The Morgan fingerprint density at radius 2 is 2.03 bits per heavy atom. The first-order valence-electron chi connectivity index (χ1n) is 10.3. The number of methoxy groups -OCH3 is 1. The molecular formula is C20H32N4O4S. The van der Waals surface area contributed by atoms with Gasteiger partial charge < -0.3 is 13.8 Å². The van der Waals surface area contributed by atoms with Crippen LogP contribution in [0.1, 0.15) is 49.3 Å². The first-order valence-corrected chi connectivity index (χ1v) is 11.9. The van der Waals surface area contributed by atoms with Gasteiger partial charge in [0.15, 0.2) is 5.76 Å². The zero-order chi connectivity index (χ0) is 20.9. The highest BCUT2D eigenvalue weighted by molar-refractivity contribution is 7.91. The van der Waals surface area contributed by atoms with Crippen LogP contribution in [0.3, 0.4) is 0 Å². The summed E-state index contributed by atoms with van der Waals surface area (Å²) in [6.07, 6.45) is 7.10. The lowest BCUT2D eigenvalue weighted by Crippen LogP contribution is -2.24. The summed E-state index contributed by atoms with van der Waals surface area (Å²) in [5.41, 5.74) is 1.69. The highest BCUT2D eigenvalue weighted by Crippen LogP contribution is 2.27. The first kappa shape index (κ1) is 22.0. The Morgan fingerprint density at radius 1 is 1.28 bits per heavy atom. The van der Waals surface area contributed by atoms with Crippen molar-refractivity contribution in [3.63, 3.8) is 0 Å². The van der Waals surface area contributed by atoms with Gasteiger partial charge in [0, 0.05) is 26.3 Å². The Hall–Kier alpha value is -1.71. The fraction of sp³-hybridized carbons (Fsp3) is 0.700. The molecule has 0 aromatic carbocycles. The third-order valence-corrected chi connectivity index (χ3v) is 7.21. The van der Waals surface area contributed by atoms with E-state index in [0.29, 0.717) is 26.2 Å². The highest BCUT2D eigenvalue weighted by Gasteiger charge is 2.28. The quantitative estimate of drug-likeness (QED) is 0.579. The van der Waals surface area contributed by atoms with E-state index in [0.717, 1.165) is 42.8 Å². The SMILES string of the molecule is COCCn1c(CN(C)Cc2cc(C)no2)cnc1S(=O)(=O)CC1CCCCC1. The molecule has 2 aromatic rings. The summed E-state index contributed by atoms with van der Waals surface area (Å²) in [6, 6.07) is 1.90. The van der Waals surface area contributed by atoms with Gasteiger partial charge in [-0.15, -0.1) is 0 Å². The number of rotatable bonds is 10. The molecule has 0 spiro atoms. The molecule has 0 saturated heterocycles. The predicted octanol–water partition coefficient (Wildman–Crippen LogP) is 2.81. The number of hydrogen-bond donors (Lipinski definition) is 0. The molecule has 1 aliphatic carbocycles. The Morgan fingerprint density at radius 3 is 2.69 bits per heavy atom. The average Bonchev–Trinajstić information content (AvgIpc) is 3.26. The molecule has 9 heteroatoms. The van der Waals surface area contributed by atoms with Gasteiger partial charge in [0.25, 0.3) is 0 Å². The molecule has 0 unspecified atom stereocenters. The van der Waals surface area contributed by atoms with Crippen LogP contribution in [-0.2, 0) is 34.2 Å². The largest absolute Gasteiger partial charge is 0.383 e. The number of aryl methyl sites for hydroxylation is 1. The van der Waals surface area contributed by atoms with Crippen molar-refractivity contribution >= 4 is 9.84 Å². The predicted molar refractivity (Wildman–Crippen MR) is 109 cm³/mol. The van der Waals surface area contributed by atoms with Gasteiger partial charge in [-0.05, 0) is 32.7 Å². The number of imidazole rings is 1. The van der Waals surface area contributed by atoms with Crippen molar-refractivity contribution in [2.24, 2.45) is 5.92 Å². The summed E-state index contributed by atoms with van der Waals surface area (Å²) in [5.74, 6) is 1.20. The van der Waals surface area contributed by atoms with Crippen molar-refractivity contribution in [1.29, 1.82) is 0 Å². The van der Waals surface area contributed by atoms with E-state index in [-0.39, 0.29) is 16.8 Å². The van der Waals surface area contributed by atoms with Crippen LogP contribution >= 0.6 is 0 Å². The molecule has 29 heavy (non-hydrogen) atoms. The normalized spacial score (nSPS) is 16.0. The molecule has 162 valence electrons. The van der Waals surface area contributed by atoms with Crippen molar-refractivity contribution in [2.75, 3.05) is 26.5 Å². The van der Waals surface area contributed by atoms with Crippen LogP contribution in [0, 0.1) is 12.8 Å². The molecule has 1 aliphatic rings. The van der Waals surface area contributed by atoms with Crippen molar-refractivity contribution in [3.8, 4) is 0 Å². The second-order valence-corrected chi connectivity index (χ2v) is 10.00. The minimum Gasteiger partial charge on any atom is -0.383 e. The number of sulfone groups is 1. The smallest absolute Gasteiger partial charge is 0.227 e. The molecule has 2 heterocycles. The maximum absolute atomic E-state index is 13.1. The lowest BCUT2D eigenvalue weighted by molar-refractivity contribution is 0.181. The maximum Gasteiger partial charge on any atom is 0.227 e. The number of nitrogens with zero attached hydrogens (tertiary/aromatic N) is 4. The molecule has 1 saturated carbocycles. The van der Waals surface area contributed by atoms with Gasteiger partial charge in [0.05, 0.1) is 36.5 Å². The monoisotopic (exact) mass is 424 g/mol. The molecule has 0 atom stereocenters. The van der Waals surface area contributed by atoms with Crippen molar-refractivity contribution < 1.29 is 17.7 Å². The van der Waals surface area contributed by atoms with Crippen LogP contribution in [-0.4, -0.2) is 54.5 Å². The van der Waals surface area contributed by atoms with Gasteiger partial charge in [-0.25, -0.2) is 13.4 Å². The van der Waals surface area contributed by atoms with Crippen molar-refractivity contribution in [2.45, 2.75) is 63.8 Å². The standard InChI is InChI=1S/C20H32N4O4S/c1-16-11-19(28-22-16)14-23(2)13-18-12-21-20(24(18)9-10-27-3)29(25,26)15-17-7-5-4-6-8-17/h11-12,17H,4-10,13-15H2,1-3H3. The molecule has 0 aliphatic heterocycles. The van der Waals surface area contributed by atoms with Crippen LogP contribution in [0.15, 0.2) is 21.9 Å². The number of hydrogen-bond acceptors (Lipinski definition) is 7. The van der Waals surface area contributed by atoms with Gasteiger partial charge in [-0.1, -0.05) is 24.4 Å². The average molecular weight is 425 g/mol. The topological polar surface area (TPSA) is 90.5 Å². The summed E-state index contributed by atoms with van der Waals surface area (Å²) in [4.78, 5) is 6.38.